The summed E-state index contributed by atoms with van der Waals surface area (Å²) in [6.45, 7) is 3.18. The number of ether oxygens (including phenoxy) is 2. The maximum Gasteiger partial charge on any atom is 0.376 e. The molecule has 0 aliphatic heterocycles. The zero-order valence-electron chi connectivity index (χ0n) is 21.7. The van der Waals surface area contributed by atoms with Crippen LogP contribution in [-0.2, 0) is 19.1 Å². The Balaban J connectivity index is 1.04. The monoisotopic (exact) mass is 502 g/mol. The van der Waals surface area contributed by atoms with Crippen molar-refractivity contribution in [2.75, 3.05) is 6.61 Å². The van der Waals surface area contributed by atoms with Gasteiger partial charge < -0.3 is 9.47 Å². The first-order valence-electron chi connectivity index (χ1n) is 14.7. The number of rotatable bonds is 5. The Labute approximate surface area is 212 Å². The number of carbonyl (C=O) groups excluding carboxylic acids is 2. The third-order valence-electron chi connectivity index (χ3n) is 13.4. The molecule has 6 atom stereocenters. The minimum Gasteiger partial charge on any atom is -0.461 e. The quantitative estimate of drug-likeness (QED) is 0.422. The first-order chi connectivity index (χ1) is 16.9. The minimum absolute atomic E-state index is 0.0296. The molecule has 11 aliphatic rings. The summed E-state index contributed by atoms with van der Waals surface area (Å²) in [5, 5.41) is 0. The maximum absolute atomic E-state index is 14.2. The van der Waals surface area contributed by atoms with Crippen LogP contribution in [0.1, 0.15) is 90.9 Å². The Morgan fingerprint density at radius 2 is 1.47 bits per heavy atom. The van der Waals surface area contributed by atoms with Gasteiger partial charge >= 0.3 is 17.9 Å². The first kappa shape index (κ1) is 22.8. The lowest BCUT2D eigenvalue weighted by atomic mass is 9.29. The third kappa shape index (κ3) is 2.85. The van der Waals surface area contributed by atoms with Crippen molar-refractivity contribution in [2.45, 2.75) is 102 Å². The zero-order valence-corrected chi connectivity index (χ0v) is 21.7. The van der Waals surface area contributed by atoms with Gasteiger partial charge in [0.05, 0.1) is 12.0 Å². The number of carbonyl (C=O) groups is 2. The van der Waals surface area contributed by atoms with Crippen molar-refractivity contribution in [2.24, 2.45) is 63.6 Å². The summed E-state index contributed by atoms with van der Waals surface area (Å²) in [7, 11) is 0. The number of hydrogen-bond donors (Lipinski definition) is 0. The standard InChI is InChI=1S/C30H40F2O4/c1-26-6-16-4-19-21-11-29(12-22(19)26,13-23(26)20(21)5-16)25(34)36-30-9-17-3-18(10-30)8-28(7-17,14-30)15-35-24(33)27(2,31)32/h16-23H,3-15H2,1-2H3. The Bertz CT molecular complexity index is 992. The summed E-state index contributed by atoms with van der Waals surface area (Å²) < 4.78 is 38.9. The van der Waals surface area contributed by atoms with Crippen LogP contribution >= 0.6 is 0 Å². The Kier molecular flexibility index (Phi) is 4.22. The molecule has 11 fully saturated rings. The van der Waals surface area contributed by atoms with E-state index in [1.807, 2.05) is 0 Å². The fraction of sp³-hybridized carbons (Fsp3) is 0.933. The molecule has 198 valence electrons. The lowest BCUT2D eigenvalue weighted by Crippen LogP contribution is -2.71. The van der Waals surface area contributed by atoms with Gasteiger partial charge in [-0.15, -0.1) is 0 Å². The van der Waals surface area contributed by atoms with E-state index in [9.17, 15) is 18.4 Å². The van der Waals surface area contributed by atoms with Gasteiger partial charge in [-0.05, 0) is 130 Å². The first-order valence-corrected chi connectivity index (χ1v) is 14.7. The van der Waals surface area contributed by atoms with Gasteiger partial charge in [0.15, 0.2) is 0 Å². The second kappa shape index (κ2) is 6.68. The Morgan fingerprint density at radius 1 is 0.833 bits per heavy atom. The Hall–Kier alpha value is -1.20. The molecule has 6 unspecified atom stereocenters. The predicted molar refractivity (Wildman–Crippen MR) is 127 cm³/mol. The maximum atomic E-state index is 14.2. The number of esters is 2. The number of halogens is 2. The fourth-order valence-electron chi connectivity index (χ4n) is 13.0. The lowest BCUT2D eigenvalue weighted by molar-refractivity contribution is -0.281. The van der Waals surface area contributed by atoms with E-state index in [1.165, 1.54) is 19.3 Å². The molecule has 0 heterocycles. The van der Waals surface area contributed by atoms with Crippen LogP contribution in [0.15, 0.2) is 0 Å². The topological polar surface area (TPSA) is 52.6 Å². The van der Waals surface area contributed by atoms with E-state index >= 15 is 0 Å². The summed E-state index contributed by atoms with van der Waals surface area (Å²) in [4.78, 5) is 26.1. The summed E-state index contributed by atoms with van der Waals surface area (Å²) in [6, 6.07) is 0. The molecule has 0 aromatic carbocycles. The molecule has 0 radical (unpaired) electrons. The molecule has 11 saturated carbocycles. The van der Waals surface area contributed by atoms with Crippen molar-refractivity contribution in [3.63, 3.8) is 0 Å². The molecule has 0 aromatic rings. The van der Waals surface area contributed by atoms with E-state index in [2.05, 4.69) is 6.92 Å². The van der Waals surface area contributed by atoms with E-state index < -0.39 is 17.5 Å². The Morgan fingerprint density at radius 3 is 2.08 bits per heavy atom. The average molecular weight is 503 g/mol. The van der Waals surface area contributed by atoms with Crippen molar-refractivity contribution < 1.29 is 27.8 Å². The predicted octanol–water partition coefficient (Wildman–Crippen LogP) is 6.17. The molecule has 11 aliphatic carbocycles. The highest BCUT2D eigenvalue weighted by Crippen LogP contribution is 2.78. The number of alkyl halides is 2. The molecular formula is C30H40F2O4. The van der Waals surface area contributed by atoms with Gasteiger partial charge in [0.2, 0.25) is 0 Å². The fourth-order valence-corrected chi connectivity index (χ4v) is 13.0. The molecule has 11 rings (SSSR count). The lowest BCUT2D eigenvalue weighted by Gasteiger charge is -2.76. The van der Waals surface area contributed by atoms with Crippen molar-refractivity contribution >= 4 is 11.9 Å². The van der Waals surface area contributed by atoms with Crippen LogP contribution in [0.2, 0.25) is 0 Å². The molecular weight excluding hydrogens is 462 g/mol. The summed E-state index contributed by atoms with van der Waals surface area (Å²) in [5.74, 6) is 0.709. The van der Waals surface area contributed by atoms with Crippen molar-refractivity contribution in [3.8, 4) is 0 Å². The van der Waals surface area contributed by atoms with E-state index in [0.717, 1.165) is 75.0 Å². The van der Waals surface area contributed by atoms with E-state index in [1.54, 1.807) is 0 Å². The van der Waals surface area contributed by atoms with Crippen LogP contribution in [0.4, 0.5) is 8.78 Å². The van der Waals surface area contributed by atoms with Gasteiger partial charge in [0, 0.05) is 12.3 Å². The molecule has 0 saturated heterocycles. The van der Waals surface area contributed by atoms with Crippen LogP contribution in [0.25, 0.3) is 0 Å². The molecule has 0 amide bonds. The molecule has 0 spiro atoms. The van der Waals surface area contributed by atoms with Crippen LogP contribution in [0.5, 0.6) is 0 Å². The van der Waals surface area contributed by atoms with Gasteiger partial charge in [-0.3, -0.25) is 4.79 Å². The minimum atomic E-state index is -3.47. The smallest absolute Gasteiger partial charge is 0.376 e. The van der Waals surface area contributed by atoms with E-state index in [-0.39, 0.29) is 23.4 Å². The largest absolute Gasteiger partial charge is 0.461 e. The summed E-state index contributed by atoms with van der Waals surface area (Å²) >= 11 is 0. The van der Waals surface area contributed by atoms with Crippen molar-refractivity contribution in [3.05, 3.63) is 0 Å². The highest BCUT2D eigenvalue weighted by atomic mass is 19.3. The molecule has 12 bridgehead atoms. The van der Waals surface area contributed by atoms with Gasteiger partial charge in [-0.1, -0.05) is 6.92 Å². The molecule has 6 heteroatoms. The van der Waals surface area contributed by atoms with Crippen LogP contribution in [0, 0.1) is 63.6 Å². The van der Waals surface area contributed by atoms with Gasteiger partial charge in [0.1, 0.15) is 5.60 Å². The van der Waals surface area contributed by atoms with Gasteiger partial charge in [0.25, 0.3) is 0 Å². The van der Waals surface area contributed by atoms with Crippen LogP contribution < -0.4 is 0 Å². The van der Waals surface area contributed by atoms with E-state index in [4.69, 9.17) is 9.47 Å². The zero-order chi connectivity index (χ0) is 24.9. The summed E-state index contributed by atoms with van der Waals surface area (Å²) in [5.41, 5.74) is -0.678. The van der Waals surface area contributed by atoms with Crippen molar-refractivity contribution in [1.29, 1.82) is 0 Å². The summed E-state index contributed by atoms with van der Waals surface area (Å²) in [6.07, 6.45) is 12.6. The van der Waals surface area contributed by atoms with Gasteiger partial charge in [-0.25, -0.2) is 4.79 Å². The second-order valence-electron chi connectivity index (χ2n) is 15.6. The highest BCUT2D eigenvalue weighted by molar-refractivity contribution is 5.78. The highest BCUT2D eigenvalue weighted by Gasteiger charge is 2.73. The molecule has 36 heavy (non-hydrogen) atoms. The van der Waals surface area contributed by atoms with Crippen LogP contribution in [0.3, 0.4) is 0 Å². The average Bonchev–Trinajstić information content (AvgIpc) is 2.78. The normalized spacial score (nSPS) is 56.9. The SMILES string of the molecule is CC(F)(F)C(=O)OCC12CC3CC(C1)CC(OC(=O)C14CC5C6CC7CC5C(C1)C(C)(C7)C6C4)(C3)C2. The van der Waals surface area contributed by atoms with Gasteiger partial charge in [-0.2, -0.15) is 8.78 Å². The second-order valence-corrected chi connectivity index (χ2v) is 15.6. The number of hydrogen-bond acceptors (Lipinski definition) is 4. The molecule has 0 aromatic heterocycles. The third-order valence-corrected chi connectivity index (χ3v) is 13.4. The van der Waals surface area contributed by atoms with Crippen LogP contribution in [-0.4, -0.2) is 30.1 Å². The molecule has 4 nitrogen and oxygen atoms in total. The van der Waals surface area contributed by atoms with Crippen molar-refractivity contribution in [1.82, 2.24) is 0 Å². The molecule has 0 N–H and O–H groups in total. The van der Waals surface area contributed by atoms with E-state index in [0.29, 0.717) is 42.4 Å².